The smallest absolute Gasteiger partial charge is 0.226 e. The summed E-state index contributed by atoms with van der Waals surface area (Å²) >= 11 is 5.10. The van der Waals surface area contributed by atoms with Crippen molar-refractivity contribution in [3.8, 4) is 5.75 Å². The van der Waals surface area contributed by atoms with Gasteiger partial charge in [0.1, 0.15) is 5.75 Å². The molecule has 1 rings (SSSR count). The summed E-state index contributed by atoms with van der Waals surface area (Å²) in [5.74, 6) is 0.640. The maximum Gasteiger partial charge on any atom is 0.226 e. The van der Waals surface area contributed by atoms with Crippen molar-refractivity contribution in [2.24, 2.45) is 5.41 Å². The van der Waals surface area contributed by atoms with Crippen LogP contribution in [0.15, 0.2) is 24.3 Å². The Kier molecular flexibility index (Phi) is 5.30. The Bertz CT molecular complexity index is 467. The van der Waals surface area contributed by atoms with Crippen LogP contribution in [0.4, 0.5) is 5.69 Å². The standard InChI is InChI=1S/C14H20N2O2S/c1-14(2,3)9-12(17)16-13(19)15-10-6-5-7-11(8-10)18-4/h5-8H,9H2,1-4H3,(H2,15,16,17,19). The third-order valence-corrected chi connectivity index (χ3v) is 2.48. The first-order chi connectivity index (χ1) is 8.80. The van der Waals surface area contributed by atoms with E-state index < -0.39 is 0 Å². The largest absolute Gasteiger partial charge is 0.497 e. The third kappa shape index (κ3) is 6.20. The number of nitrogens with one attached hydrogen (secondary N) is 2. The molecule has 0 fully saturated rings. The maximum atomic E-state index is 11.7. The van der Waals surface area contributed by atoms with Crippen molar-refractivity contribution in [3.05, 3.63) is 24.3 Å². The molecule has 0 aliphatic carbocycles. The van der Waals surface area contributed by atoms with Gasteiger partial charge in [-0.05, 0) is 29.8 Å². The molecule has 0 heterocycles. The molecule has 0 bridgehead atoms. The van der Waals surface area contributed by atoms with E-state index in [1.807, 2.05) is 45.0 Å². The van der Waals surface area contributed by atoms with E-state index in [2.05, 4.69) is 10.6 Å². The lowest BCUT2D eigenvalue weighted by molar-refractivity contribution is -0.121. The van der Waals surface area contributed by atoms with Gasteiger partial charge in [0.05, 0.1) is 7.11 Å². The molecule has 0 radical (unpaired) electrons. The molecule has 0 saturated carbocycles. The van der Waals surface area contributed by atoms with Crippen LogP contribution in [0.5, 0.6) is 5.75 Å². The predicted octanol–water partition coefficient (Wildman–Crippen LogP) is 2.94. The van der Waals surface area contributed by atoms with Crippen molar-refractivity contribution in [1.29, 1.82) is 0 Å². The summed E-state index contributed by atoms with van der Waals surface area (Å²) in [6.45, 7) is 6.02. The lowest BCUT2D eigenvalue weighted by Gasteiger charge is -2.17. The van der Waals surface area contributed by atoms with Crippen LogP contribution < -0.4 is 15.4 Å². The number of methoxy groups -OCH3 is 1. The molecule has 0 spiro atoms. The Morgan fingerprint density at radius 1 is 1.37 bits per heavy atom. The summed E-state index contributed by atoms with van der Waals surface area (Å²) in [5, 5.41) is 5.91. The monoisotopic (exact) mass is 280 g/mol. The van der Waals surface area contributed by atoms with Crippen molar-refractivity contribution in [2.45, 2.75) is 27.2 Å². The Balaban J connectivity index is 2.53. The number of thiocarbonyl (C=S) groups is 1. The number of carbonyl (C=O) groups is 1. The third-order valence-electron chi connectivity index (χ3n) is 2.27. The van der Waals surface area contributed by atoms with Gasteiger partial charge in [-0.2, -0.15) is 0 Å². The van der Waals surface area contributed by atoms with Crippen LogP contribution in [0.2, 0.25) is 0 Å². The first-order valence-corrected chi connectivity index (χ1v) is 6.46. The summed E-state index contributed by atoms with van der Waals surface area (Å²) < 4.78 is 5.11. The molecule has 0 atom stereocenters. The fourth-order valence-electron chi connectivity index (χ4n) is 1.52. The van der Waals surface area contributed by atoms with Crippen molar-refractivity contribution in [2.75, 3.05) is 12.4 Å². The van der Waals surface area contributed by atoms with Gasteiger partial charge in [0.15, 0.2) is 5.11 Å². The lowest BCUT2D eigenvalue weighted by atomic mass is 9.92. The zero-order valence-electron chi connectivity index (χ0n) is 11.7. The van der Waals surface area contributed by atoms with Crippen molar-refractivity contribution < 1.29 is 9.53 Å². The minimum Gasteiger partial charge on any atom is -0.497 e. The van der Waals surface area contributed by atoms with Gasteiger partial charge in [-0.15, -0.1) is 0 Å². The molecule has 104 valence electrons. The second-order valence-electron chi connectivity index (χ2n) is 5.47. The molecule has 4 nitrogen and oxygen atoms in total. The Morgan fingerprint density at radius 2 is 2.05 bits per heavy atom. The summed E-state index contributed by atoms with van der Waals surface area (Å²) in [5.41, 5.74) is 0.718. The van der Waals surface area contributed by atoms with Crippen LogP contribution in [-0.2, 0) is 4.79 Å². The fraction of sp³-hybridized carbons (Fsp3) is 0.429. The molecular weight excluding hydrogens is 260 g/mol. The topological polar surface area (TPSA) is 50.4 Å². The molecule has 0 aliphatic rings. The van der Waals surface area contributed by atoms with E-state index in [-0.39, 0.29) is 11.3 Å². The maximum absolute atomic E-state index is 11.7. The molecule has 0 aromatic heterocycles. The second-order valence-corrected chi connectivity index (χ2v) is 5.88. The van der Waals surface area contributed by atoms with E-state index in [4.69, 9.17) is 17.0 Å². The van der Waals surface area contributed by atoms with E-state index in [9.17, 15) is 4.79 Å². The first kappa shape index (κ1) is 15.4. The highest BCUT2D eigenvalue weighted by atomic mass is 32.1. The molecule has 0 saturated heterocycles. The molecule has 1 amide bonds. The zero-order chi connectivity index (χ0) is 14.5. The second kappa shape index (κ2) is 6.52. The minimum atomic E-state index is -0.0899. The summed E-state index contributed by atoms with van der Waals surface area (Å²) in [6, 6.07) is 7.35. The van der Waals surface area contributed by atoms with Gasteiger partial charge in [0.25, 0.3) is 0 Å². The average molecular weight is 280 g/mol. The van der Waals surface area contributed by atoms with Crippen molar-refractivity contribution >= 4 is 28.9 Å². The Morgan fingerprint density at radius 3 is 2.63 bits per heavy atom. The van der Waals surface area contributed by atoms with Gasteiger partial charge >= 0.3 is 0 Å². The van der Waals surface area contributed by atoms with Crippen LogP contribution in [0.25, 0.3) is 0 Å². The molecule has 1 aromatic rings. The number of hydrogen-bond acceptors (Lipinski definition) is 3. The van der Waals surface area contributed by atoms with Crippen LogP contribution in [0.1, 0.15) is 27.2 Å². The fourth-order valence-corrected chi connectivity index (χ4v) is 1.75. The molecule has 1 aromatic carbocycles. The van der Waals surface area contributed by atoms with E-state index in [0.717, 1.165) is 11.4 Å². The van der Waals surface area contributed by atoms with Gasteiger partial charge in [-0.25, -0.2) is 0 Å². The lowest BCUT2D eigenvalue weighted by Crippen LogP contribution is -2.36. The summed E-state index contributed by atoms with van der Waals surface area (Å²) in [4.78, 5) is 11.7. The first-order valence-electron chi connectivity index (χ1n) is 6.05. The summed E-state index contributed by atoms with van der Waals surface area (Å²) in [6.07, 6.45) is 0.424. The number of benzene rings is 1. The average Bonchev–Trinajstić information content (AvgIpc) is 2.26. The Hall–Kier alpha value is -1.62. The molecule has 2 N–H and O–H groups in total. The summed E-state index contributed by atoms with van der Waals surface area (Å²) in [7, 11) is 1.60. The van der Waals surface area contributed by atoms with Crippen molar-refractivity contribution in [3.63, 3.8) is 0 Å². The SMILES string of the molecule is COc1cccc(NC(=S)NC(=O)CC(C)(C)C)c1. The molecular formula is C14H20N2O2S. The minimum absolute atomic E-state index is 0.0599. The molecule has 0 aliphatic heterocycles. The van der Waals surface area contributed by atoms with E-state index in [1.165, 1.54) is 0 Å². The van der Waals surface area contributed by atoms with Crippen LogP contribution in [0.3, 0.4) is 0 Å². The van der Waals surface area contributed by atoms with Crippen LogP contribution in [-0.4, -0.2) is 18.1 Å². The van der Waals surface area contributed by atoms with Crippen molar-refractivity contribution in [1.82, 2.24) is 5.32 Å². The quantitative estimate of drug-likeness (QED) is 0.836. The van der Waals surface area contributed by atoms with Gasteiger partial charge in [0, 0.05) is 18.2 Å². The number of hydrogen-bond donors (Lipinski definition) is 2. The zero-order valence-corrected chi connectivity index (χ0v) is 12.6. The van der Waals surface area contributed by atoms with Gasteiger partial charge < -0.3 is 15.4 Å². The highest BCUT2D eigenvalue weighted by Crippen LogP contribution is 2.18. The number of anilines is 1. The normalized spacial score (nSPS) is 10.7. The van der Waals surface area contributed by atoms with E-state index in [0.29, 0.717) is 11.5 Å². The predicted molar refractivity (Wildman–Crippen MR) is 81.4 cm³/mol. The van der Waals surface area contributed by atoms with E-state index in [1.54, 1.807) is 7.11 Å². The highest BCUT2D eigenvalue weighted by molar-refractivity contribution is 7.80. The van der Waals surface area contributed by atoms with Crippen LogP contribution >= 0.6 is 12.2 Å². The van der Waals surface area contributed by atoms with Gasteiger partial charge in [0.2, 0.25) is 5.91 Å². The van der Waals surface area contributed by atoms with Gasteiger partial charge in [-0.3, -0.25) is 4.79 Å². The number of ether oxygens (including phenoxy) is 1. The van der Waals surface area contributed by atoms with Crippen LogP contribution in [0, 0.1) is 5.41 Å². The number of carbonyl (C=O) groups excluding carboxylic acids is 1. The van der Waals surface area contributed by atoms with E-state index >= 15 is 0 Å². The molecule has 0 unspecified atom stereocenters. The number of amides is 1. The highest BCUT2D eigenvalue weighted by Gasteiger charge is 2.16. The molecule has 5 heteroatoms. The molecule has 19 heavy (non-hydrogen) atoms. The Labute approximate surface area is 119 Å². The number of rotatable bonds is 3. The van der Waals surface area contributed by atoms with Gasteiger partial charge in [-0.1, -0.05) is 26.8 Å².